The average Bonchev–Trinajstić information content (AvgIpc) is 3.06. The summed E-state index contributed by atoms with van der Waals surface area (Å²) in [5.41, 5.74) is 2.65. The number of rotatable bonds is 8. The quantitative estimate of drug-likeness (QED) is 0.659. The molecule has 0 aliphatic heterocycles. The van der Waals surface area contributed by atoms with Gasteiger partial charge in [0.1, 0.15) is 0 Å². The van der Waals surface area contributed by atoms with E-state index in [4.69, 9.17) is 4.74 Å². The summed E-state index contributed by atoms with van der Waals surface area (Å²) in [7, 11) is -3.51. The Kier molecular flexibility index (Phi) is 5.58. The second kappa shape index (κ2) is 7.88. The lowest BCUT2D eigenvalue weighted by Gasteiger charge is -2.06. The van der Waals surface area contributed by atoms with Gasteiger partial charge in [-0.3, -0.25) is 0 Å². The molecule has 0 fully saturated rings. The molecular formula is C19H23N3O3S. The molecule has 7 heteroatoms. The highest BCUT2D eigenvalue weighted by Gasteiger charge is 2.14. The van der Waals surface area contributed by atoms with Crippen LogP contribution in [0.5, 0.6) is 5.75 Å². The number of fused-ring (bicyclic) bond motifs is 1. The molecule has 0 bridgehead atoms. The van der Waals surface area contributed by atoms with Crippen LogP contribution >= 0.6 is 0 Å². The first kappa shape index (κ1) is 18.4. The van der Waals surface area contributed by atoms with Crippen LogP contribution < -0.4 is 9.46 Å². The maximum atomic E-state index is 12.4. The van der Waals surface area contributed by atoms with Crippen molar-refractivity contribution in [2.45, 2.75) is 31.6 Å². The molecule has 3 rings (SSSR count). The molecule has 0 atom stereocenters. The van der Waals surface area contributed by atoms with Gasteiger partial charge in [-0.05, 0) is 43.2 Å². The van der Waals surface area contributed by atoms with Gasteiger partial charge in [-0.2, -0.15) is 0 Å². The Morgan fingerprint density at radius 2 is 1.92 bits per heavy atom. The van der Waals surface area contributed by atoms with E-state index in [-0.39, 0.29) is 11.4 Å². The van der Waals surface area contributed by atoms with Gasteiger partial charge in [0.05, 0.1) is 17.2 Å². The predicted octanol–water partition coefficient (Wildman–Crippen LogP) is 2.82. The molecule has 0 aliphatic carbocycles. The van der Waals surface area contributed by atoms with Crippen LogP contribution in [0.1, 0.15) is 25.1 Å². The van der Waals surface area contributed by atoms with Crippen LogP contribution in [0.4, 0.5) is 0 Å². The second-order valence-corrected chi connectivity index (χ2v) is 7.68. The van der Waals surface area contributed by atoms with E-state index in [1.807, 2.05) is 54.9 Å². The Labute approximate surface area is 153 Å². The first-order valence-corrected chi connectivity index (χ1v) is 10.2. The summed E-state index contributed by atoms with van der Waals surface area (Å²) in [6.45, 7) is 4.81. The average molecular weight is 373 g/mol. The van der Waals surface area contributed by atoms with Gasteiger partial charge in [0.2, 0.25) is 10.0 Å². The van der Waals surface area contributed by atoms with Crippen LogP contribution in [-0.4, -0.2) is 31.0 Å². The number of ether oxygens (including phenoxy) is 1. The first-order chi connectivity index (χ1) is 12.5. The van der Waals surface area contributed by atoms with Crippen LogP contribution in [0.3, 0.4) is 0 Å². The Morgan fingerprint density at radius 3 is 2.62 bits per heavy atom. The largest absolute Gasteiger partial charge is 0.490 e. The summed E-state index contributed by atoms with van der Waals surface area (Å²) in [5, 5.41) is 0. The molecule has 0 saturated heterocycles. The van der Waals surface area contributed by atoms with Crippen molar-refractivity contribution >= 4 is 15.7 Å². The molecule has 0 unspecified atom stereocenters. The molecule has 6 nitrogen and oxygen atoms in total. The minimum Gasteiger partial charge on any atom is -0.490 e. The number of sulfonamides is 1. The highest BCUT2D eigenvalue weighted by Crippen LogP contribution is 2.19. The summed E-state index contributed by atoms with van der Waals surface area (Å²) in [5.74, 6) is 0.720. The fraction of sp³-hybridized carbons (Fsp3) is 0.316. The predicted molar refractivity (Wildman–Crippen MR) is 101 cm³/mol. The summed E-state index contributed by atoms with van der Waals surface area (Å²) >= 11 is 0. The van der Waals surface area contributed by atoms with Crippen molar-refractivity contribution in [3.63, 3.8) is 0 Å². The van der Waals surface area contributed by atoms with Gasteiger partial charge in [-0.1, -0.05) is 19.1 Å². The fourth-order valence-electron chi connectivity index (χ4n) is 2.73. The Bertz CT molecular complexity index is 979. The maximum Gasteiger partial charge on any atom is 0.240 e. The van der Waals surface area contributed by atoms with Gasteiger partial charge in [0.15, 0.2) is 11.4 Å². The Morgan fingerprint density at radius 1 is 1.15 bits per heavy atom. The number of benzene rings is 1. The molecule has 26 heavy (non-hydrogen) atoms. The zero-order chi connectivity index (χ0) is 18.6. The SMILES string of the molecule is CCOc1cccn2cc(CCNS(=O)(=O)c3ccc(CC)cc3)nc12. The normalized spacial score (nSPS) is 11.8. The standard InChI is InChI=1S/C19H23N3O3S/c1-3-15-7-9-17(10-8-15)26(23,24)20-12-11-16-14-22-13-5-6-18(25-4-2)19(22)21-16/h5-10,13-14,20H,3-4,11-12H2,1-2H3. The van der Waals surface area contributed by atoms with E-state index in [9.17, 15) is 8.42 Å². The van der Waals surface area contributed by atoms with E-state index in [1.54, 1.807) is 12.1 Å². The molecular weight excluding hydrogens is 350 g/mol. The van der Waals surface area contributed by atoms with Crippen molar-refractivity contribution in [2.75, 3.05) is 13.2 Å². The molecule has 0 radical (unpaired) electrons. The monoisotopic (exact) mass is 373 g/mol. The number of hydrogen-bond acceptors (Lipinski definition) is 4. The van der Waals surface area contributed by atoms with E-state index in [0.29, 0.717) is 13.0 Å². The van der Waals surface area contributed by atoms with Crippen molar-refractivity contribution in [1.82, 2.24) is 14.1 Å². The van der Waals surface area contributed by atoms with Gasteiger partial charge in [-0.25, -0.2) is 18.1 Å². The number of nitrogens with zero attached hydrogens (tertiary/aromatic N) is 2. The summed E-state index contributed by atoms with van der Waals surface area (Å²) in [6.07, 6.45) is 5.17. The smallest absolute Gasteiger partial charge is 0.240 e. The van der Waals surface area contributed by atoms with E-state index in [0.717, 1.165) is 29.1 Å². The van der Waals surface area contributed by atoms with E-state index < -0.39 is 10.0 Å². The third-order valence-electron chi connectivity index (χ3n) is 4.11. The van der Waals surface area contributed by atoms with Gasteiger partial charge >= 0.3 is 0 Å². The Balaban J connectivity index is 1.67. The van der Waals surface area contributed by atoms with E-state index in [2.05, 4.69) is 9.71 Å². The van der Waals surface area contributed by atoms with Crippen LogP contribution in [0.25, 0.3) is 5.65 Å². The van der Waals surface area contributed by atoms with Gasteiger partial charge < -0.3 is 9.14 Å². The number of imidazole rings is 1. The second-order valence-electron chi connectivity index (χ2n) is 5.91. The number of hydrogen-bond donors (Lipinski definition) is 1. The topological polar surface area (TPSA) is 72.7 Å². The molecule has 0 saturated carbocycles. The molecule has 0 amide bonds. The molecule has 3 aromatic rings. The van der Waals surface area contributed by atoms with Crippen LogP contribution in [0, 0.1) is 0 Å². The maximum absolute atomic E-state index is 12.4. The van der Waals surface area contributed by atoms with Crippen molar-refractivity contribution in [3.05, 3.63) is 60.0 Å². The molecule has 2 aromatic heterocycles. The molecule has 1 N–H and O–H groups in total. The first-order valence-electron chi connectivity index (χ1n) is 8.71. The number of aromatic nitrogens is 2. The van der Waals surface area contributed by atoms with E-state index >= 15 is 0 Å². The van der Waals surface area contributed by atoms with Gasteiger partial charge in [0.25, 0.3) is 0 Å². The number of aryl methyl sites for hydroxylation is 1. The highest BCUT2D eigenvalue weighted by atomic mass is 32.2. The van der Waals surface area contributed by atoms with Crippen molar-refractivity contribution in [1.29, 1.82) is 0 Å². The van der Waals surface area contributed by atoms with Crippen LogP contribution in [-0.2, 0) is 22.9 Å². The molecule has 0 aliphatic rings. The summed E-state index contributed by atoms with van der Waals surface area (Å²) in [4.78, 5) is 4.83. The molecule has 2 heterocycles. The number of nitrogens with one attached hydrogen (secondary N) is 1. The van der Waals surface area contributed by atoms with Gasteiger partial charge in [-0.15, -0.1) is 0 Å². The van der Waals surface area contributed by atoms with Crippen LogP contribution in [0.2, 0.25) is 0 Å². The zero-order valence-corrected chi connectivity index (χ0v) is 15.8. The molecule has 138 valence electrons. The van der Waals surface area contributed by atoms with Crippen LogP contribution in [0.15, 0.2) is 53.7 Å². The van der Waals surface area contributed by atoms with Crippen molar-refractivity contribution in [2.24, 2.45) is 0 Å². The fourth-order valence-corrected chi connectivity index (χ4v) is 3.76. The van der Waals surface area contributed by atoms with Gasteiger partial charge in [0, 0.05) is 25.4 Å². The Hall–Kier alpha value is -2.38. The highest BCUT2D eigenvalue weighted by molar-refractivity contribution is 7.89. The third-order valence-corrected chi connectivity index (χ3v) is 5.59. The number of pyridine rings is 1. The lowest BCUT2D eigenvalue weighted by Crippen LogP contribution is -2.26. The summed E-state index contributed by atoms with van der Waals surface area (Å²) in [6, 6.07) is 10.7. The lowest BCUT2D eigenvalue weighted by molar-refractivity contribution is 0.342. The minimum absolute atomic E-state index is 0.281. The third kappa shape index (κ3) is 4.05. The van der Waals surface area contributed by atoms with E-state index in [1.165, 1.54) is 0 Å². The molecule has 1 aromatic carbocycles. The minimum atomic E-state index is -3.51. The van der Waals surface area contributed by atoms with Crippen molar-refractivity contribution < 1.29 is 13.2 Å². The lowest BCUT2D eigenvalue weighted by atomic mass is 10.2. The molecule has 0 spiro atoms. The zero-order valence-electron chi connectivity index (χ0n) is 15.0. The van der Waals surface area contributed by atoms with Crippen molar-refractivity contribution in [3.8, 4) is 5.75 Å². The summed E-state index contributed by atoms with van der Waals surface area (Å²) < 4.78 is 34.9.